The van der Waals surface area contributed by atoms with Crippen LogP contribution in [-0.2, 0) is 0 Å². The highest BCUT2D eigenvalue weighted by atomic mass is 32.1. The quantitative estimate of drug-likeness (QED) is 0.394. The number of rotatable bonds is 2. The third-order valence-electron chi connectivity index (χ3n) is 1.33. The molecule has 0 aromatic carbocycles. The first kappa shape index (κ1) is 9.60. The number of hydrogen-bond donors (Lipinski definition) is 2. The van der Waals surface area contributed by atoms with Crippen molar-refractivity contribution < 1.29 is 4.98 Å². The van der Waals surface area contributed by atoms with E-state index in [-0.39, 0.29) is 0 Å². The average Bonchev–Trinajstić information content (AvgIpc) is 2.19. The number of aromatic amines is 1. The van der Waals surface area contributed by atoms with Gasteiger partial charge in [-0.1, -0.05) is 0 Å². The van der Waals surface area contributed by atoms with Gasteiger partial charge in [0.05, 0.1) is 0 Å². The van der Waals surface area contributed by atoms with Crippen molar-refractivity contribution in [3.63, 3.8) is 0 Å². The lowest BCUT2D eigenvalue weighted by molar-refractivity contribution is -0.379. The fourth-order valence-electron chi connectivity index (χ4n) is 0.704. The molecule has 0 radical (unpaired) electrons. The third kappa shape index (κ3) is 3.62. The Morgan fingerprint density at radius 3 is 3.08 bits per heavy atom. The zero-order chi connectivity index (χ0) is 9.52. The number of thiocarbonyl (C=S) groups is 1. The highest BCUT2D eigenvalue weighted by molar-refractivity contribution is 7.80. The van der Waals surface area contributed by atoms with Crippen molar-refractivity contribution in [3.05, 3.63) is 30.1 Å². The molecule has 1 rings (SSSR count). The maximum absolute atomic E-state index is 4.82. The van der Waals surface area contributed by atoms with Crippen molar-refractivity contribution in [2.45, 2.75) is 0 Å². The number of nitrogens with zero attached hydrogens (tertiary/aromatic N) is 1. The lowest BCUT2D eigenvalue weighted by atomic mass is 10.4. The van der Waals surface area contributed by atoms with E-state index in [1.807, 2.05) is 24.4 Å². The van der Waals surface area contributed by atoms with Gasteiger partial charge in [-0.15, -0.1) is 0 Å². The van der Waals surface area contributed by atoms with Crippen LogP contribution in [0.1, 0.15) is 5.69 Å². The maximum Gasteiger partial charge on any atom is 0.223 e. The van der Waals surface area contributed by atoms with Gasteiger partial charge < -0.3 is 5.32 Å². The topological polar surface area (TPSA) is 50.6 Å². The fraction of sp³-hybridized carbons (Fsp3) is 0.125. The van der Waals surface area contributed by atoms with E-state index in [0.717, 1.165) is 5.69 Å². The third-order valence-corrected chi connectivity index (χ3v) is 1.63. The normalized spacial score (nSPS) is 9.92. The van der Waals surface area contributed by atoms with Gasteiger partial charge in [-0.25, -0.2) is 4.98 Å². The van der Waals surface area contributed by atoms with Crippen molar-refractivity contribution in [1.82, 2.24) is 10.7 Å². The Morgan fingerprint density at radius 1 is 1.62 bits per heavy atom. The smallest absolute Gasteiger partial charge is 0.223 e. The summed E-state index contributed by atoms with van der Waals surface area (Å²) in [5, 5.41) is 7.14. The fourth-order valence-corrected chi connectivity index (χ4v) is 0.757. The van der Waals surface area contributed by atoms with E-state index in [4.69, 9.17) is 12.2 Å². The largest absolute Gasteiger partial charge is 0.364 e. The maximum atomic E-state index is 4.82. The molecule has 13 heavy (non-hydrogen) atoms. The van der Waals surface area contributed by atoms with E-state index in [1.54, 1.807) is 13.3 Å². The van der Waals surface area contributed by atoms with Crippen LogP contribution in [0, 0.1) is 0 Å². The van der Waals surface area contributed by atoms with Crippen LogP contribution in [0.25, 0.3) is 0 Å². The standard InChI is InChI=1S/C8H10N4S/c1-9-8(13)12-11-6-7-4-2-3-5-10-7/h2-6H,1H3,(H2,9,12,13)/p+1. The first-order valence-electron chi connectivity index (χ1n) is 3.80. The molecule has 0 saturated heterocycles. The Morgan fingerprint density at radius 2 is 2.46 bits per heavy atom. The number of aromatic nitrogens is 1. The summed E-state index contributed by atoms with van der Waals surface area (Å²) in [7, 11) is 1.74. The second-order valence-electron chi connectivity index (χ2n) is 2.27. The molecule has 0 aliphatic carbocycles. The van der Waals surface area contributed by atoms with Crippen molar-refractivity contribution in [1.29, 1.82) is 0 Å². The Hall–Kier alpha value is -1.49. The minimum Gasteiger partial charge on any atom is -0.364 e. The predicted octanol–water partition coefficient (Wildman–Crippen LogP) is -0.0715. The molecule has 0 atom stereocenters. The molecule has 0 bridgehead atoms. The number of hydrogen-bond acceptors (Lipinski definition) is 2. The van der Waals surface area contributed by atoms with Crippen molar-refractivity contribution >= 4 is 23.5 Å². The van der Waals surface area contributed by atoms with Crippen LogP contribution in [0.2, 0.25) is 0 Å². The van der Waals surface area contributed by atoms with Gasteiger partial charge in [-0.3, -0.25) is 5.43 Å². The summed E-state index contributed by atoms with van der Waals surface area (Å²) in [6, 6.07) is 5.74. The summed E-state index contributed by atoms with van der Waals surface area (Å²) in [5.41, 5.74) is 3.56. The monoisotopic (exact) mass is 195 g/mol. The highest BCUT2D eigenvalue weighted by Gasteiger charge is 1.92. The SMILES string of the molecule is CNC(=S)NN=Cc1cccc[nH+]1. The molecule has 0 spiro atoms. The number of hydrazone groups is 1. The van der Waals surface area contributed by atoms with Gasteiger partial charge in [-0.2, -0.15) is 5.10 Å². The van der Waals surface area contributed by atoms with Crippen molar-refractivity contribution in [3.8, 4) is 0 Å². The molecule has 5 heteroatoms. The zero-order valence-electron chi connectivity index (χ0n) is 7.24. The lowest BCUT2D eigenvalue weighted by Gasteiger charge is -1.97. The molecule has 1 aromatic heterocycles. The molecule has 0 aliphatic heterocycles. The Labute approximate surface area is 82.1 Å². The molecule has 1 heterocycles. The molecule has 0 unspecified atom stereocenters. The number of pyridine rings is 1. The highest BCUT2D eigenvalue weighted by Crippen LogP contribution is 1.81. The molecule has 3 N–H and O–H groups in total. The second kappa shape index (κ2) is 5.21. The zero-order valence-corrected chi connectivity index (χ0v) is 8.06. The molecule has 1 aromatic rings. The first-order valence-corrected chi connectivity index (χ1v) is 4.21. The summed E-state index contributed by atoms with van der Waals surface area (Å²) in [6.07, 6.45) is 3.49. The van der Waals surface area contributed by atoms with Gasteiger partial charge in [0.1, 0.15) is 6.21 Å². The molecule has 0 aliphatic rings. The van der Waals surface area contributed by atoms with Crippen LogP contribution in [-0.4, -0.2) is 18.4 Å². The van der Waals surface area contributed by atoms with Crippen molar-refractivity contribution in [2.75, 3.05) is 7.05 Å². The van der Waals surface area contributed by atoms with E-state index in [2.05, 4.69) is 20.8 Å². The van der Waals surface area contributed by atoms with E-state index in [9.17, 15) is 0 Å². The van der Waals surface area contributed by atoms with Gasteiger partial charge >= 0.3 is 0 Å². The van der Waals surface area contributed by atoms with Gasteiger partial charge in [0.2, 0.25) is 5.69 Å². The Kier molecular flexibility index (Phi) is 3.84. The van der Waals surface area contributed by atoms with Gasteiger partial charge in [-0.05, 0) is 18.3 Å². The summed E-state index contributed by atoms with van der Waals surface area (Å²) in [6.45, 7) is 0. The summed E-state index contributed by atoms with van der Waals surface area (Å²) >= 11 is 4.82. The minimum absolute atomic E-state index is 0.493. The summed E-state index contributed by atoms with van der Waals surface area (Å²) < 4.78 is 0. The van der Waals surface area contributed by atoms with Crippen LogP contribution in [0.3, 0.4) is 0 Å². The van der Waals surface area contributed by atoms with Crippen molar-refractivity contribution in [2.24, 2.45) is 5.10 Å². The van der Waals surface area contributed by atoms with E-state index >= 15 is 0 Å². The van der Waals surface area contributed by atoms with Gasteiger partial charge in [0.25, 0.3) is 0 Å². The van der Waals surface area contributed by atoms with Gasteiger partial charge in [0.15, 0.2) is 11.3 Å². The van der Waals surface area contributed by atoms with E-state index in [0.29, 0.717) is 5.11 Å². The molecule has 0 amide bonds. The average molecular weight is 195 g/mol. The van der Waals surface area contributed by atoms with Crippen LogP contribution in [0.15, 0.2) is 29.5 Å². The van der Waals surface area contributed by atoms with Crippen LogP contribution < -0.4 is 15.7 Å². The molecule has 0 saturated carbocycles. The molecule has 68 valence electrons. The first-order chi connectivity index (χ1) is 6.33. The molecular weight excluding hydrogens is 184 g/mol. The lowest BCUT2D eigenvalue weighted by Crippen LogP contribution is -2.28. The van der Waals surface area contributed by atoms with Crippen LogP contribution in [0.4, 0.5) is 0 Å². The summed E-state index contributed by atoms with van der Waals surface area (Å²) in [5.74, 6) is 0. The minimum atomic E-state index is 0.493. The number of nitrogens with one attached hydrogen (secondary N) is 3. The molecular formula is C8H11N4S+. The van der Waals surface area contributed by atoms with Crippen LogP contribution in [0.5, 0.6) is 0 Å². The number of H-pyrrole nitrogens is 1. The predicted molar refractivity (Wildman–Crippen MR) is 55.4 cm³/mol. The van der Waals surface area contributed by atoms with E-state index in [1.165, 1.54) is 0 Å². The van der Waals surface area contributed by atoms with E-state index < -0.39 is 0 Å². The Balaban J connectivity index is 2.45. The Bertz CT molecular complexity index is 296. The second-order valence-corrected chi connectivity index (χ2v) is 2.68. The molecule has 0 fully saturated rings. The van der Waals surface area contributed by atoms with Crippen LogP contribution >= 0.6 is 12.2 Å². The molecule has 4 nitrogen and oxygen atoms in total. The summed E-state index contributed by atoms with van der Waals surface area (Å²) in [4.78, 5) is 3.01. The van der Waals surface area contributed by atoms with Gasteiger partial charge in [0, 0.05) is 19.2 Å².